The molecule has 0 aliphatic heterocycles. The zero-order valence-electron chi connectivity index (χ0n) is 9.16. The van der Waals surface area contributed by atoms with E-state index in [0.717, 1.165) is 29.2 Å². The van der Waals surface area contributed by atoms with Gasteiger partial charge in [-0.3, -0.25) is 0 Å². The van der Waals surface area contributed by atoms with E-state index in [4.69, 9.17) is 22.1 Å². The van der Waals surface area contributed by atoms with Gasteiger partial charge in [-0.05, 0) is 37.5 Å². The first-order valence-corrected chi connectivity index (χ1v) is 6.00. The van der Waals surface area contributed by atoms with E-state index < -0.39 is 0 Å². The van der Waals surface area contributed by atoms with E-state index >= 15 is 0 Å². The molecular weight excluding hydrogens is 222 g/mol. The molecule has 0 radical (unpaired) electrons. The fourth-order valence-corrected chi connectivity index (χ4v) is 1.80. The topological polar surface area (TPSA) is 35.2 Å². The summed E-state index contributed by atoms with van der Waals surface area (Å²) in [7, 11) is 0. The normalized spacial score (nSPS) is 16.4. The lowest BCUT2D eigenvalue weighted by Crippen LogP contribution is -2.24. The Bertz CT molecular complexity index is 386. The van der Waals surface area contributed by atoms with Crippen LogP contribution in [0.5, 0.6) is 5.75 Å². The van der Waals surface area contributed by atoms with Gasteiger partial charge in [-0.25, -0.2) is 0 Å². The number of hydrogen-bond acceptors (Lipinski definition) is 2. The molecule has 2 rings (SSSR count). The molecule has 1 aliphatic carbocycles. The summed E-state index contributed by atoms with van der Waals surface area (Å²) >= 11 is 5.96. The minimum atomic E-state index is 0.381. The molecule has 0 atom stereocenters. The van der Waals surface area contributed by atoms with Gasteiger partial charge in [0.25, 0.3) is 0 Å². The van der Waals surface area contributed by atoms with Crippen LogP contribution in [-0.2, 0) is 0 Å². The highest BCUT2D eigenvalue weighted by molar-refractivity contribution is 6.30. The van der Waals surface area contributed by atoms with E-state index in [2.05, 4.69) is 0 Å². The van der Waals surface area contributed by atoms with Gasteiger partial charge in [-0.1, -0.05) is 23.8 Å². The van der Waals surface area contributed by atoms with Gasteiger partial charge in [0.2, 0.25) is 0 Å². The van der Waals surface area contributed by atoms with Gasteiger partial charge < -0.3 is 10.5 Å². The molecule has 0 saturated heterocycles. The van der Waals surface area contributed by atoms with Crippen LogP contribution < -0.4 is 10.5 Å². The zero-order chi connectivity index (χ0) is 11.4. The fraction of sp³-hybridized carbons (Fsp3) is 0.385. The van der Waals surface area contributed by atoms with Crippen LogP contribution in [0.15, 0.2) is 24.3 Å². The average Bonchev–Trinajstić information content (AvgIpc) is 2.22. The van der Waals surface area contributed by atoms with Crippen molar-refractivity contribution in [1.29, 1.82) is 0 Å². The lowest BCUT2D eigenvalue weighted by Gasteiger charge is -2.27. The van der Waals surface area contributed by atoms with Crippen LogP contribution >= 0.6 is 11.6 Å². The summed E-state index contributed by atoms with van der Waals surface area (Å²) < 4.78 is 5.88. The van der Waals surface area contributed by atoms with Gasteiger partial charge in [-0.2, -0.15) is 0 Å². The Morgan fingerprint density at radius 3 is 2.88 bits per heavy atom. The maximum absolute atomic E-state index is 5.96. The molecule has 0 unspecified atom stereocenters. The molecule has 1 aliphatic rings. The molecule has 3 heteroatoms. The van der Waals surface area contributed by atoms with E-state index in [1.54, 1.807) is 0 Å². The van der Waals surface area contributed by atoms with E-state index in [1.165, 1.54) is 6.42 Å². The molecule has 2 nitrogen and oxygen atoms in total. The number of ether oxygens (including phenoxy) is 1. The third kappa shape index (κ3) is 2.77. The highest BCUT2D eigenvalue weighted by Gasteiger charge is 2.19. The van der Waals surface area contributed by atoms with Crippen molar-refractivity contribution < 1.29 is 4.74 Å². The Balaban J connectivity index is 2.16. The van der Waals surface area contributed by atoms with Gasteiger partial charge in [0.05, 0.1) is 6.10 Å². The van der Waals surface area contributed by atoms with Gasteiger partial charge in [0.15, 0.2) is 0 Å². The van der Waals surface area contributed by atoms with Gasteiger partial charge in [0, 0.05) is 17.1 Å². The summed E-state index contributed by atoms with van der Waals surface area (Å²) in [5.41, 5.74) is 6.45. The maximum atomic E-state index is 5.96. The van der Waals surface area contributed by atoms with Crippen molar-refractivity contribution in [1.82, 2.24) is 0 Å². The van der Waals surface area contributed by atoms with Crippen molar-refractivity contribution in [3.05, 3.63) is 34.9 Å². The van der Waals surface area contributed by atoms with Crippen molar-refractivity contribution >= 4 is 17.7 Å². The fourth-order valence-electron chi connectivity index (χ4n) is 1.62. The summed E-state index contributed by atoms with van der Waals surface area (Å²) in [6.45, 7) is 0.523. The Kier molecular flexibility index (Phi) is 3.86. The van der Waals surface area contributed by atoms with Crippen molar-refractivity contribution in [2.24, 2.45) is 5.73 Å². The Hall–Kier alpha value is -0.990. The molecule has 1 saturated carbocycles. The van der Waals surface area contributed by atoms with Gasteiger partial charge in [-0.15, -0.1) is 0 Å². The molecule has 1 aromatic carbocycles. The first-order valence-electron chi connectivity index (χ1n) is 5.62. The largest absolute Gasteiger partial charge is 0.490 e. The second-order valence-electron chi connectivity index (χ2n) is 3.99. The smallest absolute Gasteiger partial charge is 0.127 e. The summed E-state index contributed by atoms with van der Waals surface area (Å²) in [5, 5.41) is 0.720. The van der Waals surface area contributed by atoms with Crippen LogP contribution in [0.2, 0.25) is 5.02 Å². The summed E-state index contributed by atoms with van der Waals surface area (Å²) in [4.78, 5) is 0. The molecule has 0 amide bonds. The van der Waals surface area contributed by atoms with Crippen LogP contribution in [0, 0.1) is 0 Å². The molecule has 1 aromatic rings. The minimum absolute atomic E-state index is 0.381. The Morgan fingerprint density at radius 2 is 2.25 bits per heavy atom. The van der Waals surface area contributed by atoms with Crippen molar-refractivity contribution in [2.45, 2.75) is 25.4 Å². The number of rotatable bonds is 4. The highest BCUT2D eigenvalue weighted by Crippen LogP contribution is 2.30. The molecule has 1 fully saturated rings. The maximum Gasteiger partial charge on any atom is 0.127 e. The third-order valence-corrected chi connectivity index (χ3v) is 2.99. The van der Waals surface area contributed by atoms with Crippen molar-refractivity contribution in [2.75, 3.05) is 6.54 Å². The SMILES string of the molecule is NC/C=C/c1cc(Cl)ccc1OC1CCC1. The van der Waals surface area contributed by atoms with Crippen molar-refractivity contribution in [3.63, 3.8) is 0 Å². The monoisotopic (exact) mass is 237 g/mol. The van der Waals surface area contributed by atoms with Crippen LogP contribution in [0.4, 0.5) is 0 Å². The summed E-state index contributed by atoms with van der Waals surface area (Å²) in [6.07, 6.45) is 7.82. The van der Waals surface area contributed by atoms with Gasteiger partial charge in [0.1, 0.15) is 5.75 Å². The summed E-state index contributed by atoms with van der Waals surface area (Å²) in [6, 6.07) is 5.69. The predicted molar refractivity (Wildman–Crippen MR) is 67.8 cm³/mol. The predicted octanol–water partition coefficient (Wildman–Crippen LogP) is 3.24. The molecule has 16 heavy (non-hydrogen) atoms. The Labute approximate surface area is 101 Å². The molecule has 86 valence electrons. The van der Waals surface area contributed by atoms with E-state index in [-0.39, 0.29) is 0 Å². The van der Waals surface area contributed by atoms with Crippen LogP contribution in [0.3, 0.4) is 0 Å². The van der Waals surface area contributed by atoms with Crippen LogP contribution in [0.25, 0.3) is 6.08 Å². The molecular formula is C13H16ClNO. The number of hydrogen-bond donors (Lipinski definition) is 1. The highest BCUT2D eigenvalue weighted by atomic mass is 35.5. The quantitative estimate of drug-likeness (QED) is 0.873. The van der Waals surface area contributed by atoms with Crippen LogP contribution in [-0.4, -0.2) is 12.6 Å². The van der Waals surface area contributed by atoms with E-state index in [0.29, 0.717) is 12.6 Å². The number of halogens is 1. The number of benzene rings is 1. The molecule has 0 heterocycles. The minimum Gasteiger partial charge on any atom is -0.490 e. The Morgan fingerprint density at radius 1 is 1.44 bits per heavy atom. The molecule has 0 bridgehead atoms. The third-order valence-electron chi connectivity index (χ3n) is 2.75. The summed E-state index contributed by atoms with van der Waals surface area (Å²) in [5.74, 6) is 0.902. The van der Waals surface area contributed by atoms with E-state index in [1.807, 2.05) is 30.4 Å². The average molecular weight is 238 g/mol. The first-order chi connectivity index (χ1) is 7.79. The van der Waals surface area contributed by atoms with Crippen LogP contribution in [0.1, 0.15) is 24.8 Å². The standard InChI is InChI=1S/C13H16ClNO/c14-11-6-7-13(16-12-4-1-5-12)10(9-11)3-2-8-15/h2-3,6-7,9,12H,1,4-5,8,15H2/b3-2+. The molecule has 2 N–H and O–H groups in total. The lowest BCUT2D eigenvalue weighted by atomic mass is 9.96. The first kappa shape index (κ1) is 11.5. The van der Waals surface area contributed by atoms with Gasteiger partial charge >= 0.3 is 0 Å². The van der Waals surface area contributed by atoms with Crippen molar-refractivity contribution in [3.8, 4) is 5.75 Å². The number of nitrogens with two attached hydrogens (primary N) is 1. The molecule has 0 aromatic heterocycles. The zero-order valence-corrected chi connectivity index (χ0v) is 9.91. The second kappa shape index (κ2) is 5.37. The second-order valence-corrected chi connectivity index (χ2v) is 4.43. The lowest BCUT2D eigenvalue weighted by molar-refractivity contribution is 0.120. The van der Waals surface area contributed by atoms with E-state index in [9.17, 15) is 0 Å². The molecule has 0 spiro atoms.